The van der Waals surface area contributed by atoms with Crippen molar-refractivity contribution in [3.63, 3.8) is 0 Å². The Kier molecular flexibility index (Phi) is 4.22. The van der Waals surface area contributed by atoms with E-state index in [2.05, 4.69) is 20.0 Å². The lowest BCUT2D eigenvalue weighted by atomic mass is 9.94. The third kappa shape index (κ3) is 3.46. The Morgan fingerprint density at radius 2 is 2.30 bits per heavy atom. The Morgan fingerprint density at radius 3 is 2.96 bits per heavy atom. The average Bonchev–Trinajstić information content (AvgIpc) is 2.92. The second-order valence-corrected chi connectivity index (χ2v) is 5.97. The van der Waals surface area contributed by atoms with Crippen molar-refractivity contribution in [2.45, 2.75) is 33.1 Å². The molecule has 3 heterocycles. The molecule has 0 bridgehead atoms. The van der Waals surface area contributed by atoms with Gasteiger partial charge in [0, 0.05) is 32.0 Å². The van der Waals surface area contributed by atoms with Crippen molar-refractivity contribution < 1.29 is 9.45 Å². The van der Waals surface area contributed by atoms with Crippen molar-refractivity contribution in [2.75, 3.05) is 18.0 Å². The maximum absolute atomic E-state index is 10.9. The second kappa shape index (κ2) is 6.31. The first-order chi connectivity index (χ1) is 11.0. The van der Waals surface area contributed by atoms with E-state index in [-0.39, 0.29) is 5.69 Å². The van der Waals surface area contributed by atoms with Gasteiger partial charge in [-0.1, -0.05) is 5.16 Å². The number of pyridine rings is 1. The van der Waals surface area contributed by atoms with Gasteiger partial charge >= 0.3 is 0 Å². The van der Waals surface area contributed by atoms with Gasteiger partial charge in [-0.15, -0.1) is 0 Å². The molecule has 1 aliphatic rings. The van der Waals surface area contributed by atoms with Crippen LogP contribution in [0.5, 0.6) is 0 Å². The quantitative estimate of drug-likeness (QED) is 0.631. The van der Waals surface area contributed by atoms with Crippen LogP contribution in [0.15, 0.2) is 16.8 Å². The van der Waals surface area contributed by atoms with E-state index in [1.165, 1.54) is 6.20 Å². The highest BCUT2D eigenvalue weighted by molar-refractivity contribution is 5.48. The summed E-state index contributed by atoms with van der Waals surface area (Å²) in [5.74, 6) is 2.54. The molecule has 2 aromatic heterocycles. The Morgan fingerprint density at radius 1 is 1.48 bits per heavy atom. The van der Waals surface area contributed by atoms with Crippen LogP contribution in [0.25, 0.3) is 0 Å². The van der Waals surface area contributed by atoms with Crippen LogP contribution in [-0.4, -0.2) is 33.1 Å². The topological polar surface area (TPSA) is 98.2 Å². The number of nitro groups is 1. The number of hydrogen-bond donors (Lipinski definition) is 0. The predicted octanol–water partition coefficient (Wildman–Crippen LogP) is 2.45. The maximum Gasteiger partial charge on any atom is 0.290 e. The maximum atomic E-state index is 10.9. The Hall–Kier alpha value is -2.51. The fourth-order valence-corrected chi connectivity index (χ4v) is 3.02. The molecule has 0 radical (unpaired) electrons. The van der Waals surface area contributed by atoms with E-state index >= 15 is 0 Å². The van der Waals surface area contributed by atoms with E-state index in [1.807, 2.05) is 0 Å². The third-order valence-electron chi connectivity index (χ3n) is 4.15. The van der Waals surface area contributed by atoms with Gasteiger partial charge in [-0.25, -0.2) is 4.98 Å². The van der Waals surface area contributed by atoms with E-state index in [0.717, 1.165) is 44.0 Å². The summed E-state index contributed by atoms with van der Waals surface area (Å²) < 4.78 is 5.02. The predicted molar refractivity (Wildman–Crippen MR) is 83.3 cm³/mol. The molecule has 1 fully saturated rings. The number of piperidine rings is 1. The fourth-order valence-electron chi connectivity index (χ4n) is 3.02. The van der Waals surface area contributed by atoms with Gasteiger partial charge in [0.2, 0.25) is 5.89 Å². The molecule has 8 nitrogen and oxygen atoms in total. The average molecular weight is 317 g/mol. The zero-order chi connectivity index (χ0) is 16.4. The molecule has 8 heteroatoms. The minimum Gasteiger partial charge on any atom is -0.356 e. The lowest BCUT2D eigenvalue weighted by molar-refractivity contribution is -0.385. The Balaban J connectivity index is 1.70. The van der Waals surface area contributed by atoms with Gasteiger partial charge in [-0.05, 0) is 31.7 Å². The van der Waals surface area contributed by atoms with Gasteiger partial charge in [0.15, 0.2) is 5.82 Å². The molecule has 0 aromatic carbocycles. The van der Waals surface area contributed by atoms with Gasteiger partial charge in [0.05, 0.1) is 4.92 Å². The normalized spacial score (nSPS) is 18.2. The highest BCUT2D eigenvalue weighted by Gasteiger charge is 2.24. The summed E-state index contributed by atoms with van der Waals surface area (Å²) in [4.78, 5) is 21.2. The van der Waals surface area contributed by atoms with Crippen LogP contribution in [0.1, 0.15) is 30.1 Å². The van der Waals surface area contributed by atoms with Crippen molar-refractivity contribution in [1.29, 1.82) is 0 Å². The summed E-state index contributed by atoms with van der Waals surface area (Å²) >= 11 is 0. The minimum absolute atomic E-state index is 0.0598. The van der Waals surface area contributed by atoms with Crippen LogP contribution in [0.3, 0.4) is 0 Å². The van der Waals surface area contributed by atoms with Crippen molar-refractivity contribution in [2.24, 2.45) is 5.92 Å². The molecule has 1 saturated heterocycles. The molecule has 0 spiro atoms. The number of anilines is 1. The van der Waals surface area contributed by atoms with Gasteiger partial charge in [0.1, 0.15) is 12.0 Å². The molecule has 0 saturated carbocycles. The first-order valence-electron chi connectivity index (χ1n) is 7.68. The standard InChI is InChI=1S/C15H19N5O3/c1-10-6-15(16-8-13(10)20(21)22)19-5-3-4-12(9-19)7-14-17-11(2)23-18-14/h6,8,12H,3-5,7,9H2,1-2H3. The van der Waals surface area contributed by atoms with Crippen LogP contribution >= 0.6 is 0 Å². The number of hydrogen-bond acceptors (Lipinski definition) is 7. The molecule has 1 atom stereocenters. The number of aryl methyl sites for hydroxylation is 2. The van der Waals surface area contributed by atoms with E-state index in [0.29, 0.717) is 17.4 Å². The molecular formula is C15H19N5O3. The van der Waals surface area contributed by atoms with Gasteiger partial charge < -0.3 is 9.42 Å². The molecule has 0 N–H and O–H groups in total. The van der Waals surface area contributed by atoms with E-state index in [9.17, 15) is 10.1 Å². The molecule has 0 amide bonds. The van der Waals surface area contributed by atoms with Crippen LogP contribution in [0, 0.1) is 29.9 Å². The molecule has 3 rings (SSSR count). The van der Waals surface area contributed by atoms with Gasteiger partial charge in [0.25, 0.3) is 5.69 Å². The lowest BCUT2D eigenvalue weighted by Gasteiger charge is -2.33. The largest absolute Gasteiger partial charge is 0.356 e. The summed E-state index contributed by atoms with van der Waals surface area (Å²) in [6, 6.07) is 1.79. The molecule has 122 valence electrons. The van der Waals surface area contributed by atoms with E-state index in [4.69, 9.17) is 4.52 Å². The first kappa shape index (κ1) is 15.4. The van der Waals surface area contributed by atoms with Crippen LogP contribution in [0.4, 0.5) is 11.5 Å². The Labute approximate surface area is 133 Å². The number of aromatic nitrogens is 3. The van der Waals surface area contributed by atoms with Crippen LogP contribution < -0.4 is 4.90 Å². The van der Waals surface area contributed by atoms with Crippen LogP contribution in [-0.2, 0) is 6.42 Å². The van der Waals surface area contributed by atoms with E-state index < -0.39 is 4.92 Å². The molecule has 23 heavy (non-hydrogen) atoms. The van der Waals surface area contributed by atoms with Crippen molar-refractivity contribution in [3.8, 4) is 0 Å². The van der Waals surface area contributed by atoms with Gasteiger partial charge in [-0.2, -0.15) is 4.98 Å². The van der Waals surface area contributed by atoms with Crippen LogP contribution in [0.2, 0.25) is 0 Å². The lowest BCUT2D eigenvalue weighted by Crippen LogP contribution is -2.37. The SMILES string of the molecule is Cc1nc(CC2CCCN(c3cc(C)c([N+](=O)[O-])cn3)C2)no1. The minimum atomic E-state index is -0.399. The zero-order valence-electron chi connectivity index (χ0n) is 13.2. The highest BCUT2D eigenvalue weighted by Crippen LogP contribution is 2.26. The summed E-state index contributed by atoms with van der Waals surface area (Å²) in [7, 11) is 0. The highest BCUT2D eigenvalue weighted by atomic mass is 16.6. The van der Waals surface area contributed by atoms with Gasteiger partial charge in [-0.3, -0.25) is 10.1 Å². The summed E-state index contributed by atoms with van der Waals surface area (Å²) in [5.41, 5.74) is 0.695. The Bertz CT molecular complexity index is 715. The summed E-state index contributed by atoms with van der Waals surface area (Å²) in [6.45, 7) is 5.28. The molecule has 1 unspecified atom stereocenters. The summed E-state index contributed by atoms with van der Waals surface area (Å²) in [5, 5.41) is 14.9. The summed E-state index contributed by atoms with van der Waals surface area (Å²) in [6.07, 6.45) is 4.28. The fraction of sp³-hybridized carbons (Fsp3) is 0.533. The smallest absolute Gasteiger partial charge is 0.290 e. The number of nitrogens with zero attached hydrogens (tertiary/aromatic N) is 5. The molecule has 1 aliphatic heterocycles. The molecule has 0 aliphatic carbocycles. The molecule has 2 aromatic rings. The van der Waals surface area contributed by atoms with Crippen molar-refractivity contribution >= 4 is 11.5 Å². The number of rotatable bonds is 4. The van der Waals surface area contributed by atoms with Crippen molar-refractivity contribution in [1.82, 2.24) is 15.1 Å². The molecular weight excluding hydrogens is 298 g/mol. The second-order valence-electron chi connectivity index (χ2n) is 5.97. The third-order valence-corrected chi connectivity index (χ3v) is 4.15. The zero-order valence-corrected chi connectivity index (χ0v) is 13.2. The van der Waals surface area contributed by atoms with E-state index in [1.54, 1.807) is 19.9 Å². The monoisotopic (exact) mass is 317 g/mol. The first-order valence-corrected chi connectivity index (χ1v) is 7.68. The van der Waals surface area contributed by atoms with Crippen molar-refractivity contribution in [3.05, 3.63) is 39.7 Å².